The van der Waals surface area contributed by atoms with E-state index in [4.69, 9.17) is 5.73 Å². The summed E-state index contributed by atoms with van der Waals surface area (Å²) < 4.78 is 0. The molecule has 21 heavy (non-hydrogen) atoms. The minimum absolute atomic E-state index is 0.000958. The van der Waals surface area contributed by atoms with E-state index in [0.717, 1.165) is 5.39 Å². The van der Waals surface area contributed by atoms with Crippen molar-refractivity contribution in [3.05, 3.63) is 52.3 Å². The zero-order chi connectivity index (χ0) is 15.0. The maximum atomic E-state index is 11.3. The lowest BCUT2D eigenvalue weighted by atomic mass is 10.0. The molecule has 2 aromatic heterocycles. The van der Waals surface area contributed by atoms with Crippen LogP contribution >= 0.6 is 0 Å². The summed E-state index contributed by atoms with van der Waals surface area (Å²) in [6.45, 7) is 1.54. The summed E-state index contributed by atoms with van der Waals surface area (Å²) >= 11 is 0. The van der Waals surface area contributed by atoms with Crippen molar-refractivity contribution < 1.29 is 4.92 Å². The summed E-state index contributed by atoms with van der Waals surface area (Å²) in [6.07, 6.45) is 1.63. The van der Waals surface area contributed by atoms with Crippen LogP contribution in [0.1, 0.15) is 5.69 Å². The van der Waals surface area contributed by atoms with Crippen molar-refractivity contribution in [1.82, 2.24) is 15.0 Å². The highest BCUT2D eigenvalue weighted by Gasteiger charge is 2.24. The van der Waals surface area contributed by atoms with Gasteiger partial charge in [-0.2, -0.15) is 0 Å². The molecule has 0 radical (unpaired) electrons. The first-order valence-corrected chi connectivity index (χ1v) is 6.20. The Labute approximate surface area is 119 Å². The van der Waals surface area contributed by atoms with Gasteiger partial charge in [0, 0.05) is 17.1 Å². The first-order chi connectivity index (χ1) is 10.1. The number of nitrogen functional groups attached to an aromatic ring is 1. The van der Waals surface area contributed by atoms with Gasteiger partial charge in [-0.05, 0) is 13.0 Å². The standard InChI is InChI=1S/C14H11N5O2/c1-8-13(19(20)21)12(18-14(15)17-8)10-6-2-4-9-5-3-7-16-11(9)10/h2-7H,1H3,(H2,15,17,18). The largest absolute Gasteiger partial charge is 0.368 e. The van der Waals surface area contributed by atoms with E-state index in [2.05, 4.69) is 15.0 Å². The number of aryl methyl sites for hydroxylation is 1. The summed E-state index contributed by atoms with van der Waals surface area (Å²) in [5, 5.41) is 12.2. The van der Waals surface area contributed by atoms with Crippen LogP contribution in [0.15, 0.2) is 36.5 Å². The Kier molecular flexibility index (Phi) is 2.94. The van der Waals surface area contributed by atoms with Gasteiger partial charge in [0.25, 0.3) is 0 Å². The molecule has 0 saturated heterocycles. The van der Waals surface area contributed by atoms with E-state index in [0.29, 0.717) is 11.1 Å². The molecule has 0 bridgehead atoms. The highest BCUT2D eigenvalue weighted by atomic mass is 16.6. The Morgan fingerprint density at radius 2 is 1.95 bits per heavy atom. The maximum Gasteiger partial charge on any atom is 0.316 e. The molecule has 0 fully saturated rings. The summed E-state index contributed by atoms with van der Waals surface area (Å²) in [4.78, 5) is 23.1. The number of benzene rings is 1. The Morgan fingerprint density at radius 3 is 2.71 bits per heavy atom. The summed E-state index contributed by atoms with van der Waals surface area (Å²) in [5.74, 6) is 0.000958. The number of nitrogens with zero attached hydrogens (tertiary/aromatic N) is 4. The van der Waals surface area contributed by atoms with Crippen molar-refractivity contribution in [2.75, 3.05) is 5.73 Å². The number of para-hydroxylation sites is 1. The molecule has 0 aliphatic rings. The van der Waals surface area contributed by atoms with Crippen LogP contribution in [0.2, 0.25) is 0 Å². The van der Waals surface area contributed by atoms with Gasteiger partial charge < -0.3 is 5.73 Å². The lowest BCUT2D eigenvalue weighted by molar-refractivity contribution is -0.385. The highest BCUT2D eigenvalue weighted by Crippen LogP contribution is 2.34. The number of nitro groups is 1. The van der Waals surface area contributed by atoms with Crippen LogP contribution in [0.25, 0.3) is 22.2 Å². The van der Waals surface area contributed by atoms with Gasteiger partial charge in [0.1, 0.15) is 5.69 Å². The molecule has 0 spiro atoms. The zero-order valence-electron chi connectivity index (χ0n) is 11.1. The Balaban J connectivity index is 2.41. The molecule has 0 aliphatic carbocycles. The predicted octanol–water partition coefficient (Wildman–Crippen LogP) is 2.49. The molecule has 0 atom stereocenters. The molecule has 3 aromatic rings. The molecular formula is C14H11N5O2. The van der Waals surface area contributed by atoms with Gasteiger partial charge in [0.15, 0.2) is 5.69 Å². The number of fused-ring (bicyclic) bond motifs is 1. The summed E-state index contributed by atoms with van der Waals surface area (Å²) in [6, 6.07) is 9.12. The Morgan fingerprint density at radius 1 is 1.19 bits per heavy atom. The normalized spacial score (nSPS) is 10.7. The van der Waals surface area contributed by atoms with Gasteiger partial charge in [-0.1, -0.05) is 24.3 Å². The molecule has 0 unspecified atom stereocenters. The van der Waals surface area contributed by atoms with E-state index in [1.165, 1.54) is 6.92 Å². The average Bonchev–Trinajstić information content (AvgIpc) is 2.45. The number of rotatable bonds is 2. The predicted molar refractivity (Wildman–Crippen MR) is 78.6 cm³/mol. The maximum absolute atomic E-state index is 11.3. The van der Waals surface area contributed by atoms with Crippen LogP contribution < -0.4 is 5.73 Å². The van der Waals surface area contributed by atoms with E-state index in [1.807, 2.05) is 12.1 Å². The molecule has 104 valence electrons. The van der Waals surface area contributed by atoms with E-state index in [9.17, 15) is 10.1 Å². The van der Waals surface area contributed by atoms with Crippen LogP contribution in [-0.2, 0) is 0 Å². The van der Waals surface area contributed by atoms with Crippen LogP contribution in [0.5, 0.6) is 0 Å². The lowest BCUT2D eigenvalue weighted by Gasteiger charge is -2.08. The second-order valence-electron chi connectivity index (χ2n) is 4.50. The molecule has 0 saturated carbocycles. The van der Waals surface area contributed by atoms with E-state index >= 15 is 0 Å². The smallest absolute Gasteiger partial charge is 0.316 e. The molecule has 3 rings (SSSR count). The minimum atomic E-state index is -0.494. The fourth-order valence-corrected chi connectivity index (χ4v) is 2.29. The molecule has 1 aromatic carbocycles. The van der Waals surface area contributed by atoms with Gasteiger partial charge in [0.2, 0.25) is 5.95 Å². The number of anilines is 1. The Hall–Kier alpha value is -3.09. The molecule has 7 nitrogen and oxygen atoms in total. The van der Waals surface area contributed by atoms with Crippen molar-refractivity contribution in [3.63, 3.8) is 0 Å². The number of aromatic nitrogens is 3. The second kappa shape index (κ2) is 4.78. The molecule has 7 heteroatoms. The molecule has 2 N–H and O–H groups in total. The van der Waals surface area contributed by atoms with Crippen LogP contribution in [-0.4, -0.2) is 19.9 Å². The van der Waals surface area contributed by atoms with Crippen LogP contribution in [0.4, 0.5) is 11.6 Å². The molecule has 2 heterocycles. The van der Waals surface area contributed by atoms with E-state index in [-0.39, 0.29) is 23.0 Å². The van der Waals surface area contributed by atoms with Crippen molar-refractivity contribution in [1.29, 1.82) is 0 Å². The average molecular weight is 281 g/mol. The number of hydrogen-bond donors (Lipinski definition) is 1. The van der Waals surface area contributed by atoms with Gasteiger partial charge in [-0.25, -0.2) is 9.97 Å². The third-order valence-electron chi connectivity index (χ3n) is 3.15. The zero-order valence-corrected chi connectivity index (χ0v) is 11.1. The Bertz CT molecular complexity index is 858. The van der Waals surface area contributed by atoms with Gasteiger partial charge in [-0.15, -0.1) is 0 Å². The first kappa shape index (κ1) is 12.9. The summed E-state index contributed by atoms with van der Waals surface area (Å²) in [5.41, 5.74) is 7.12. The lowest BCUT2D eigenvalue weighted by Crippen LogP contribution is -2.05. The molecule has 0 amide bonds. The fourth-order valence-electron chi connectivity index (χ4n) is 2.29. The second-order valence-corrected chi connectivity index (χ2v) is 4.50. The van der Waals surface area contributed by atoms with E-state index < -0.39 is 4.92 Å². The van der Waals surface area contributed by atoms with Crippen LogP contribution in [0, 0.1) is 17.0 Å². The topological polar surface area (TPSA) is 108 Å². The van der Waals surface area contributed by atoms with E-state index in [1.54, 1.807) is 24.4 Å². The van der Waals surface area contributed by atoms with Crippen molar-refractivity contribution in [3.8, 4) is 11.3 Å². The SMILES string of the molecule is Cc1nc(N)nc(-c2cccc3cccnc23)c1[N+](=O)[O-]. The van der Waals surface area contributed by atoms with Gasteiger partial charge >= 0.3 is 5.69 Å². The fraction of sp³-hybridized carbons (Fsp3) is 0.0714. The third kappa shape index (κ3) is 2.14. The highest BCUT2D eigenvalue weighted by molar-refractivity contribution is 5.94. The summed E-state index contributed by atoms with van der Waals surface area (Å²) in [7, 11) is 0. The first-order valence-electron chi connectivity index (χ1n) is 6.20. The van der Waals surface area contributed by atoms with Crippen molar-refractivity contribution in [2.45, 2.75) is 6.92 Å². The third-order valence-corrected chi connectivity index (χ3v) is 3.15. The minimum Gasteiger partial charge on any atom is -0.368 e. The quantitative estimate of drug-likeness (QED) is 0.571. The van der Waals surface area contributed by atoms with Crippen molar-refractivity contribution >= 4 is 22.5 Å². The number of hydrogen-bond acceptors (Lipinski definition) is 6. The molecular weight excluding hydrogens is 270 g/mol. The number of nitrogens with two attached hydrogens (primary N) is 1. The van der Waals surface area contributed by atoms with Gasteiger partial charge in [-0.3, -0.25) is 15.1 Å². The van der Waals surface area contributed by atoms with Crippen LogP contribution in [0.3, 0.4) is 0 Å². The monoisotopic (exact) mass is 281 g/mol. The van der Waals surface area contributed by atoms with Crippen molar-refractivity contribution in [2.24, 2.45) is 0 Å². The van der Waals surface area contributed by atoms with Gasteiger partial charge in [0.05, 0.1) is 10.4 Å². The molecule has 0 aliphatic heterocycles. The number of pyridine rings is 1.